The van der Waals surface area contributed by atoms with Crippen LogP contribution in [0, 0.1) is 6.92 Å². The smallest absolute Gasteiger partial charge is 0.870 e. The van der Waals surface area contributed by atoms with Crippen LogP contribution in [0.4, 0.5) is 14.4 Å². The van der Waals surface area contributed by atoms with E-state index in [1.54, 1.807) is 41.5 Å². The summed E-state index contributed by atoms with van der Waals surface area (Å²) in [7, 11) is 0. The number of hydrogen-bond acceptors (Lipinski definition) is 11. The molecular weight excluding hydrogens is 619 g/mol. The number of benzene rings is 1. The van der Waals surface area contributed by atoms with Crippen molar-refractivity contribution in [2.75, 3.05) is 0 Å². The molecule has 13 heteroatoms. The predicted molar refractivity (Wildman–Crippen MR) is 177 cm³/mol. The summed E-state index contributed by atoms with van der Waals surface area (Å²) in [4.78, 5) is 33.4. The summed E-state index contributed by atoms with van der Waals surface area (Å²) in [6.45, 7) is 17.6. The van der Waals surface area contributed by atoms with E-state index in [4.69, 9.17) is 25.1 Å². The van der Waals surface area contributed by atoms with Crippen molar-refractivity contribution >= 4 is 18.4 Å². The molecule has 6 N–H and O–H groups in total. The van der Waals surface area contributed by atoms with Gasteiger partial charge >= 0.3 is 48.0 Å². The van der Waals surface area contributed by atoms with E-state index in [1.807, 2.05) is 39.0 Å². The van der Waals surface area contributed by atoms with Gasteiger partial charge < -0.3 is 45.7 Å². The number of aryl methyl sites for hydroxylation is 1. The summed E-state index contributed by atoms with van der Waals surface area (Å²) in [6, 6.07) is 10.8. The van der Waals surface area contributed by atoms with Crippen molar-refractivity contribution in [2.24, 2.45) is 5.73 Å². The van der Waals surface area contributed by atoms with Gasteiger partial charge in [-0.2, -0.15) is 0 Å². The van der Waals surface area contributed by atoms with E-state index in [9.17, 15) is 19.5 Å². The van der Waals surface area contributed by atoms with Gasteiger partial charge in [0.15, 0.2) is 0 Å². The number of aliphatic hydroxyl groups is 2. The number of rotatable bonds is 1. The monoisotopic (exact) mass is 680 g/mol. The molecule has 2 fully saturated rings. The minimum atomic E-state index is -1.06. The first-order valence-corrected chi connectivity index (χ1v) is 15.8. The number of alkyl carbamates (subject to hydrolysis) is 1. The Morgan fingerprint density at radius 3 is 1.34 bits per heavy atom. The van der Waals surface area contributed by atoms with Gasteiger partial charge in [-0.25, -0.2) is 14.4 Å². The molecule has 0 heterocycles. The molecule has 0 saturated heterocycles. The Kier molecular flexibility index (Phi) is 25.5. The maximum atomic E-state index is 11.4. The normalized spacial score (nSPS) is 20.5. The number of ether oxygens (including phenoxy) is 4. The molecule has 2 aliphatic carbocycles. The van der Waals surface area contributed by atoms with Crippen LogP contribution in [-0.2, 0) is 18.9 Å². The van der Waals surface area contributed by atoms with Crippen LogP contribution in [-0.4, -0.2) is 75.2 Å². The van der Waals surface area contributed by atoms with E-state index in [2.05, 4.69) is 29.1 Å². The Bertz CT molecular complexity index is 939. The molecule has 0 radical (unpaired) electrons. The fraction of sp³-hybridized carbons (Fsp3) is 0.735. The van der Waals surface area contributed by atoms with Gasteiger partial charge in [-0.1, -0.05) is 35.9 Å². The van der Waals surface area contributed by atoms with Gasteiger partial charge in [-0.15, -0.1) is 0 Å². The van der Waals surface area contributed by atoms with Gasteiger partial charge in [-0.3, -0.25) is 0 Å². The van der Waals surface area contributed by atoms with E-state index in [0.717, 1.165) is 51.4 Å². The molecule has 1 aromatic carbocycles. The molecule has 0 atom stereocenters. The molecule has 3 rings (SSSR count). The number of aliphatic hydroxyl groups excluding tert-OH is 2. The molecule has 12 nitrogen and oxygen atoms in total. The van der Waals surface area contributed by atoms with Crippen molar-refractivity contribution in [1.82, 2.24) is 5.32 Å². The molecule has 2 saturated carbocycles. The SMILES string of the molecule is CC(C)(C)OC(=O)NC1CCC(O)CC1.CC(C)(C)OC(=O)OC(=O)OC(C)(C)C.Cc1ccccc1.NC1CCC(O)CC1.[Na+].[OH-]. The summed E-state index contributed by atoms with van der Waals surface area (Å²) < 4.78 is 19.0. The predicted octanol–water partition coefficient (Wildman–Crippen LogP) is 3.76. The van der Waals surface area contributed by atoms with E-state index in [-0.39, 0.29) is 59.4 Å². The van der Waals surface area contributed by atoms with Gasteiger partial charge in [0, 0.05) is 12.1 Å². The Labute approximate surface area is 304 Å². The maximum absolute atomic E-state index is 11.4. The molecule has 2 aliphatic rings. The van der Waals surface area contributed by atoms with E-state index >= 15 is 0 Å². The first kappa shape index (κ1) is 49.5. The second-order valence-electron chi connectivity index (χ2n) is 14.4. The van der Waals surface area contributed by atoms with Crippen LogP contribution < -0.4 is 40.6 Å². The molecule has 1 aromatic rings. The third kappa shape index (κ3) is 32.4. The van der Waals surface area contributed by atoms with Gasteiger partial charge in [-0.05, 0) is 121 Å². The zero-order chi connectivity index (χ0) is 34.8. The second kappa shape index (κ2) is 24.2. The maximum Gasteiger partial charge on any atom is 1.00 e. The summed E-state index contributed by atoms with van der Waals surface area (Å²) in [5.74, 6) is 0. The third-order valence-corrected chi connectivity index (χ3v) is 6.05. The zero-order valence-electron chi connectivity index (χ0n) is 30.6. The van der Waals surface area contributed by atoms with Crippen molar-refractivity contribution in [2.45, 2.75) is 162 Å². The van der Waals surface area contributed by atoms with Crippen molar-refractivity contribution in [1.29, 1.82) is 0 Å². The van der Waals surface area contributed by atoms with Crippen LogP contribution in [0.2, 0.25) is 0 Å². The minimum Gasteiger partial charge on any atom is -0.870 e. The van der Waals surface area contributed by atoms with Crippen molar-refractivity contribution in [3.8, 4) is 0 Å². The summed E-state index contributed by atoms with van der Waals surface area (Å²) in [5.41, 5.74) is 5.07. The summed E-state index contributed by atoms with van der Waals surface area (Å²) in [5, 5.41) is 21.1. The molecule has 0 unspecified atom stereocenters. The summed E-state index contributed by atoms with van der Waals surface area (Å²) >= 11 is 0. The van der Waals surface area contributed by atoms with Crippen molar-refractivity contribution in [3.63, 3.8) is 0 Å². The Balaban J connectivity index is -0.000000566. The van der Waals surface area contributed by atoms with Gasteiger partial charge in [0.25, 0.3) is 0 Å². The van der Waals surface area contributed by atoms with Gasteiger partial charge in [0.05, 0.1) is 12.2 Å². The fourth-order valence-corrected chi connectivity index (χ4v) is 3.94. The molecular formula is C34H61N2NaO10. The van der Waals surface area contributed by atoms with Crippen LogP contribution in [0.15, 0.2) is 30.3 Å². The Hall–Kier alpha value is -1.93. The van der Waals surface area contributed by atoms with E-state index in [1.165, 1.54) is 5.56 Å². The van der Waals surface area contributed by atoms with E-state index in [0.29, 0.717) is 6.04 Å². The molecule has 47 heavy (non-hydrogen) atoms. The molecule has 0 aromatic heterocycles. The number of amides is 1. The van der Waals surface area contributed by atoms with Crippen molar-refractivity contribution in [3.05, 3.63) is 35.9 Å². The first-order chi connectivity index (χ1) is 20.5. The fourth-order valence-electron chi connectivity index (χ4n) is 3.94. The number of hydrogen-bond donors (Lipinski definition) is 4. The average molecular weight is 681 g/mol. The second-order valence-corrected chi connectivity index (χ2v) is 14.4. The van der Waals surface area contributed by atoms with Crippen LogP contribution in [0.25, 0.3) is 0 Å². The summed E-state index contributed by atoms with van der Waals surface area (Å²) in [6.07, 6.45) is 4.28. The first-order valence-electron chi connectivity index (χ1n) is 15.8. The third-order valence-electron chi connectivity index (χ3n) is 6.05. The largest absolute Gasteiger partial charge is 1.00 e. The van der Waals surface area contributed by atoms with Gasteiger partial charge in [0.2, 0.25) is 0 Å². The Morgan fingerprint density at radius 1 is 0.681 bits per heavy atom. The topological polar surface area (TPSA) is 197 Å². The number of nitrogens with two attached hydrogens (primary N) is 1. The standard InChI is InChI=1S/C11H21NO3.C10H18O5.C7H8.C6H13NO.Na.H2O/c1-11(2,3)15-10(14)12-8-4-6-9(13)7-5-8;1-9(2,3)14-7(11)13-8(12)15-10(4,5)6;1-7-5-3-2-4-6-7;7-5-1-3-6(8)4-2-5;;/h8-9,13H,4-7H2,1-3H3,(H,12,14);1-6H3;2-6H,1H3;5-6,8H,1-4,7H2;;1H2/q;;;;+1;/p-1. The average Bonchev–Trinajstić information content (AvgIpc) is 2.85. The van der Waals surface area contributed by atoms with Crippen LogP contribution in [0.3, 0.4) is 0 Å². The van der Waals surface area contributed by atoms with Crippen LogP contribution >= 0.6 is 0 Å². The van der Waals surface area contributed by atoms with Crippen LogP contribution in [0.5, 0.6) is 0 Å². The zero-order valence-corrected chi connectivity index (χ0v) is 32.6. The van der Waals surface area contributed by atoms with Crippen LogP contribution in [0.1, 0.15) is 119 Å². The Morgan fingerprint density at radius 2 is 1.04 bits per heavy atom. The number of carbonyl (C=O) groups excluding carboxylic acids is 3. The number of carbonyl (C=O) groups is 3. The van der Waals surface area contributed by atoms with E-state index < -0.39 is 29.1 Å². The molecule has 0 bridgehead atoms. The minimum absolute atomic E-state index is 0. The molecule has 0 spiro atoms. The number of nitrogens with one attached hydrogen (secondary N) is 1. The van der Waals surface area contributed by atoms with Gasteiger partial charge in [0.1, 0.15) is 16.8 Å². The van der Waals surface area contributed by atoms with Crippen molar-refractivity contribution < 1.29 is 78.6 Å². The molecule has 0 aliphatic heterocycles. The molecule has 268 valence electrons. The quantitative estimate of drug-likeness (QED) is 0.146. The molecule has 1 amide bonds.